The number of carbonyl (C=O) groups is 1. The summed E-state index contributed by atoms with van der Waals surface area (Å²) in [5, 5.41) is 31.6. The lowest BCUT2D eigenvalue weighted by molar-refractivity contribution is -0.144. The van der Waals surface area contributed by atoms with Gasteiger partial charge in [-0.3, -0.25) is 10.1 Å². The maximum Gasteiger partial charge on any atom is 0.307 e. The van der Waals surface area contributed by atoms with Gasteiger partial charge in [0, 0.05) is 5.57 Å². The molecule has 1 fully saturated rings. The number of hydrogen-bond donors (Lipinski definition) is 4. The zero-order valence-corrected chi connectivity index (χ0v) is 12.1. The van der Waals surface area contributed by atoms with Crippen LogP contribution in [-0.2, 0) is 9.53 Å². The fourth-order valence-electron chi connectivity index (χ4n) is 2.30. The second-order valence-electron chi connectivity index (χ2n) is 5.15. The fraction of sp³-hybridized carbons (Fsp3) is 0.786. The molecule has 0 amide bonds. The van der Waals surface area contributed by atoms with Crippen molar-refractivity contribution < 1.29 is 24.9 Å². The van der Waals surface area contributed by atoms with Crippen LogP contribution < -0.4 is 5.32 Å². The van der Waals surface area contributed by atoms with E-state index < -0.39 is 24.3 Å². The highest BCUT2D eigenvalue weighted by Crippen LogP contribution is 2.23. The molecular formula is C14H25NO5. The summed E-state index contributed by atoms with van der Waals surface area (Å²) in [5.41, 5.74) is 0.116. The van der Waals surface area contributed by atoms with Crippen molar-refractivity contribution in [1.82, 2.24) is 5.32 Å². The smallest absolute Gasteiger partial charge is 0.307 e. The molecule has 0 bridgehead atoms. The van der Waals surface area contributed by atoms with Crippen LogP contribution in [0.5, 0.6) is 0 Å². The summed E-state index contributed by atoms with van der Waals surface area (Å²) in [6, 6.07) is -0.634. The van der Waals surface area contributed by atoms with E-state index in [0.717, 1.165) is 25.7 Å². The first-order valence-electron chi connectivity index (χ1n) is 7.14. The van der Waals surface area contributed by atoms with Gasteiger partial charge in [0.1, 0.15) is 6.23 Å². The molecule has 116 valence electrons. The van der Waals surface area contributed by atoms with Crippen LogP contribution in [0.25, 0.3) is 0 Å². The van der Waals surface area contributed by atoms with Crippen LogP contribution in [-0.4, -0.2) is 46.3 Å². The highest BCUT2D eigenvalue weighted by atomic mass is 16.5. The van der Waals surface area contributed by atoms with E-state index in [2.05, 4.69) is 12.2 Å². The van der Waals surface area contributed by atoms with Crippen molar-refractivity contribution in [2.24, 2.45) is 0 Å². The summed E-state index contributed by atoms with van der Waals surface area (Å²) in [6.45, 7) is 3.88. The Morgan fingerprint density at radius 3 is 2.55 bits per heavy atom. The zero-order valence-electron chi connectivity index (χ0n) is 12.1. The number of aliphatic hydroxyl groups excluding tert-OH is 3. The van der Waals surface area contributed by atoms with Gasteiger partial charge in [-0.05, 0) is 13.3 Å². The quantitative estimate of drug-likeness (QED) is 0.316. The van der Waals surface area contributed by atoms with E-state index in [1.54, 1.807) is 0 Å². The molecule has 3 unspecified atom stereocenters. The number of rotatable bonds is 7. The standard InChI is InChI=1S/C14H25NO5/c1-3-4-5-6-7-20-11(17)8-10-13(18)12(9(2)16)14(19)15-10/h10,13-16,18-19H,3-8H2,1-2H3/b12-9-. The minimum absolute atomic E-state index is 0.0389. The zero-order chi connectivity index (χ0) is 15.1. The molecule has 20 heavy (non-hydrogen) atoms. The van der Waals surface area contributed by atoms with Crippen molar-refractivity contribution in [1.29, 1.82) is 0 Å². The maximum absolute atomic E-state index is 11.6. The molecule has 6 nitrogen and oxygen atoms in total. The van der Waals surface area contributed by atoms with Crippen LogP contribution in [0.1, 0.15) is 46.0 Å². The van der Waals surface area contributed by atoms with Gasteiger partial charge in [-0.15, -0.1) is 0 Å². The Morgan fingerprint density at radius 1 is 1.30 bits per heavy atom. The maximum atomic E-state index is 11.6. The van der Waals surface area contributed by atoms with Crippen molar-refractivity contribution >= 4 is 5.97 Å². The highest BCUT2D eigenvalue weighted by Gasteiger charge is 2.39. The van der Waals surface area contributed by atoms with E-state index in [4.69, 9.17) is 4.74 Å². The number of unbranched alkanes of at least 4 members (excludes halogenated alkanes) is 3. The summed E-state index contributed by atoms with van der Waals surface area (Å²) < 4.78 is 5.08. The predicted octanol–water partition coefficient (Wildman–Crippen LogP) is 0.983. The fourth-order valence-corrected chi connectivity index (χ4v) is 2.30. The Kier molecular flexibility index (Phi) is 6.98. The number of ether oxygens (including phenoxy) is 1. The molecule has 0 aromatic carbocycles. The average Bonchev–Trinajstić information content (AvgIpc) is 2.64. The lowest BCUT2D eigenvalue weighted by atomic mass is 10.0. The van der Waals surface area contributed by atoms with Gasteiger partial charge in [-0.1, -0.05) is 26.2 Å². The number of esters is 1. The van der Waals surface area contributed by atoms with E-state index in [-0.39, 0.29) is 17.8 Å². The number of allylic oxidation sites excluding steroid dienone is 1. The molecule has 0 saturated carbocycles. The molecule has 1 aliphatic heterocycles. The number of aliphatic hydroxyl groups is 3. The van der Waals surface area contributed by atoms with Crippen molar-refractivity contribution in [3.63, 3.8) is 0 Å². The van der Waals surface area contributed by atoms with Gasteiger partial charge in [0.15, 0.2) is 0 Å². The second-order valence-corrected chi connectivity index (χ2v) is 5.15. The first-order valence-corrected chi connectivity index (χ1v) is 7.14. The predicted molar refractivity (Wildman–Crippen MR) is 74.0 cm³/mol. The van der Waals surface area contributed by atoms with Crippen LogP contribution in [0, 0.1) is 0 Å². The van der Waals surface area contributed by atoms with E-state index in [9.17, 15) is 20.1 Å². The first-order chi connectivity index (χ1) is 9.47. The molecule has 1 heterocycles. The van der Waals surface area contributed by atoms with Gasteiger partial charge in [-0.25, -0.2) is 0 Å². The first kappa shape index (κ1) is 16.9. The van der Waals surface area contributed by atoms with Gasteiger partial charge in [0.2, 0.25) is 0 Å². The molecule has 4 N–H and O–H groups in total. The van der Waals surface area contributed by atoms with Gasteiger partial charge in [-0.2, -0.15) is 0 Å². The van der Waals surface area contributed by atoms with Gasteiger partial charge < -0.3 is 20.1 Å². The van der Waals surface area contributed by atoms with Crippen LogP contribution in [0.2, 0.25) is 0 Å². The summed E-state index contributed by atoms with van der Waals surface area (Å²) in [6.07, 6.45) is 1.87. The van der Waals surface area contributed by atoms with Gasteiger partial charge in [0.25, 0.3) is 0 Å². The Hall–Kier alpha value is -1.11. The van der Waals surface area contributed by atoms with Crippen LogP contribution in [0.15, 0.2) is 11.3 Å². The van der Waals surface area contributed by atoms with Crippen molar-refractivity contribution in [2.75, 3.05) is 6.61 Å². The molecule has 6 heteroatoms. The largest absolute Gasteiger partial charge is 0.512 e. The average molecular weight is 287 g/mol. The molecule has 1 rings (SSSR count). The Bertz CT molecular complexity index is 351. The lowest BCUT2D eigenvalue weighted by Gasteiger charge is -2.14. The minimum Gasteiger partial charge on any atom is -0.512 e. The van der Waals surface area contributed by atoms with Gasteiger partial charge >= 0.3 is 5.97 Å². The molecule has 1 aliphatic rings. The topological polar surface area (TPSA) is 99.0 Å². The van der Waals surface area contributed by atoms with Gasteiger partial charge in [0.05, 0.1) is 30.9 Å². The Morgan fingerprint density at radius 2 is 2.00 bits per heavy atom. The summed E-state index contributed by atoms with van der Waals surface area (Å²) >= 11 is 0. The van der Waals surface area contributed by atoms with E-state index >= 15 is 0 Å². The molecule has 0 aliphatic carbocycles. The van der Waals surface area contributed by atoms with Crippen LogP contribution in [0.4, 0.5) is 0 Å². The SMILES string of the molecule is CCCCCCOC(=O)CC1NC(O)/C(=C(/C)O)C1O. The summed E-state index contributed by atoms with van der Waals surface area (Å²) in [7, 11) is 0. The minimum atomic E-state index is -1.13. The number of hydrogen-bond acceptors (Lipinski definition) is 6. The highest BCUT2D eigenvalue weighted by molar-refractivity contribution is 5.70. The third-order valence-corrected chi connectivity index (χ3v) is 3.43. The molecular weight excluding hydrogens is 262 g/mol. The molecule has 1 saturated heterocycles. The number of nitrogens with one attached hydrogen (secondary N) is 1. The molecule has 0 radical (unpaired) electrons. The van der Waals surface area contributed by atoms with E-state index in [1.165, 1.54) is 6.92 Å². The van der Waals surface area contributed by atoms with Crippen molar-refractivity contribution in [2.45, 2.75) is 64.3 Å². The molecule has 0 spiro atoms. The normalized spacial score (nSPS) is 28.5. The summed E-state index contributed by atoms with van der Waals surface area (Å²) in [5.74, 6) is -0.546. The third kappa shape index (κ3) is 4.77. The molecule has 3 atom stereocenters. The Balaban J connectivity index is 2.34. The van der Waals surface area contributed by atoms with Crippen molar-refractivity contribution in [3.05, 3.63) is 11.3 Å². The van der Waals surface area contributed by atoms with Crippen LogP contribution in [0.3, 0.4) is 0 Å². The lowest BCUT2D eigenvalue weighted by Crippen LogP contribution is -2.35. The van der Waals surface area contributed by atoms with Crippen LogP contribution >= 0.6 is 0 Å². The second kappa shape index (κ2) is 8.24. The monoisotopic (exact) mass is 287 g/mol. The summed E-state index contributed by atoms with van der Waals surface area (Å²) in [4.78, 5) is 11.6. The molecule has 0 aromatic rings. The third-order valence-electron chi connectivity index (χ3n) is 3.43. The Labute approximate surface area is 119 Å². The van der Waals surface area contributed by atoms with Crippen molar-refractivity contribution in [3.8, 4) is 0 Å². The molecule has 0 aromatic heterocycles. The van der Waals surface area contributed by atoms with E-state index in [1.807, 2.05) is 0 Å². The number of carbonyl (C=O) groups excluding carboxylic acids is 1. The van der Waals surface area contributed by atoms with E-state index in [0.29, 0.717) is 6.61 Å².